The summed E-state index contributed by atoms with van der Waals surface area (Å²) in [6, 6.07) is 6.22. The number of H-pyrrole nitrogens is 1. The molecule has 1 aliphatic carbocycles. The molecule has 2 aromatic rings. The first-order valence-electron chi connectivity index (χ1n) is 4.60. The Kier molecular flexibility index (Phi) is 1.30. The zero-order chi connectivity index (χ0) is 8.84. The summed E-state index contributed by atoms with van der Waals surface area (Å²) in [6.45, 7) is 0. The maximum Gasteiger partial charge on any atom is 0.0621 e. The Bertz CT molecular complexity index is 458. The number of hydrogen-bond donors (Lipinski definition) is 2. The molecule has 13 heavy (non-hydrogen) atoms. The highest BCUT2D eigenvalue weighted by Gasteiger charge is 2.19. The van der Waals surface area contributed by atoms with Gasteiger partial charge in [-0.1, -0.05) is 12.1 Å². The minimum atomic E-state index is -0.200. The largest absolute Gasteiger partial charge is 0.392 e. The number of hydrogen-bond acceptors (Lipinski definition) is 1. The highest BCUT2D eigenvalue weighted by atomic mass is 16.3. The second-order valence-corrected chi connectivity index (χ2v) is 3.72. The lowest BCUT2D eigenvalue weighted by molar-refractivity contribution is 0.173. The van der Waals surface area contributed by atoms with Crippen LogP contribution in [0, 0.1) is 0 Å². The van der Waals surface area contributed by atoms with Gasteiger partial charge in [-0.3, -0.25) is 0 Å². The van der Waals surface area contributed by atoms with Crippen LogP contribution >= 0.6 is 0 Å². The standard InChI is InChI=1S/C11H11NO/c13-9-4-7-2-1-3-10-11(7)8(5-9)6-12-10/h1-3,6,9,12-13H,4-5H2. The van der Waals surface area contributed by atoms with E-state index in [0.29, 0.717) is 0 Å². The molecule has 0 spiro atoms. The van der Waals surface area contributed by atoms with Crippen LogP contribution in [0.2, 0.25) is 0 Å². The van der Waals surface area contributed by atoms with Gasteiger partial charge in [0.2, 0.25) is 0 Å². The van der Waals surface area contributed by atoms with Crippen LogP contribution in [-0.2, 0) is 12.8 Å². The summed E-state index contributed by atoms with van der Waals surface area (Å²) in [5, 5.41) is 10.9. The van der Waals surface area contributed by atoms with E-state index in [1.165, 1.54) is 22.0 Å². The zero-order valence-electron chi connectivity index (χ0n) is 7.25. The lowest BCUT2D eigenvalue weighted by Gasteiger charge is -2.17. The van der Waals surface area contributed by atoms with E-state index in [4.69, 9.17) is 0 Å². The quantitative estimate of drug-likeness (QED) is 0.624. The molecular weight excluding hydrogens is 162 g/mol. The van der Waals surface area contributed by atoms with Crippen molar-refractivity contribution < 1.29 is 5.11 Å². The van der Waals surface area contributed by atoms with Gasteiger partial charge in [0.15, 0.2) is 0 Å². The number of benzene rings is 1. The first kappa shape index (κ1) is 7.15. The number of rotatable bonds is 0. The van der Waals surface area contributed by atoms with Crippen molar-refractivity contribution in [2.24, 2.45) is 0 Å². The average Bonchev–Trinajstić information content (AvgIpc) is 2.50. The third kappa shape index (κ3) is 0.923. The van der Waals surface area contributed by atoms with E-state index < -0.39 is 0 Å². The maximum absolute atomic E-state index is 9.61. The third-order valence-corrected chi connectivity index (χ3v) is 2.78. The highest BCUT2D eigenvalue weighted by molar-refractivity contribution is 5.87. The topological polar surface area (TPSA) is 36.0 Å². The molecule has 2 heteroatoms. The average molecular weight is 173 g/mol. The minimum Gasteiger partial charge on any atom is -0.392 e. The summed E-state index contributed by atoms with van der Waals surface area (Å²) in [5.41, 5.74) is 3.72. The molecule has 0 radical (unpaired) electrons. The smallest absolute Gasteiger partial charge is 0.0621 e. The molecule has 0 saturated carbocycles. The first-order chi connectivity index (χ1) is 6.34. The molecular formula is C11H11NO. The van der Waals surface area contributed by atoms with Crippen molar-refractivity contribution in [1.29, 1.82) is 0 Å². The lowest BCUT2D eigenvalue weighted by Crippen LogP contribution is -2.17. The normalized spacial score (nSPS) is 20.8. The number of aromatic amines is 1. The molecule has 66 valence electrons. The number of nitrogens with one attached hydrogen (secondary N) is 1. The van der Waals surface area contributed by atoms with Crippen molar-refractivity contribution in [2.45, 2.75) is 18.9 Å². The van der Waals surface area contributed by atoms with E-state index in [1.54, 1.807) is 0 Å². The van der Waals surface area contributed by atoms with E-state index in [1.807, 2.05) is 12.3 Å². The fourth-order valence-corrected chi connectivity index (χ4v) is 2.25. The van der Waals surface area contributed by atoms with Crippen LogP contribution in [0.25, 0.3) is 10.9 Å². The minimum absolute atomic E-state index is 0.200. The molecule has 0 fully saturated rings. The zero-order valence-corrected chi connectivity index (χ0v) is 7.25. The van der Waals surface area contributed by atoms with Gasteiger partial charge in [0.1, 0.15) is 0 Å². The molecule has 3 rings (SSSR count). The molecule has 0 saturated heterocycles. The molecule has 1 aliphatic rings. The third-order valence-electron chi connectivity index (χ3n) is 2.78. The highest BCUT2D eigenvalue weighted by Crippen LogP contribution is 2.29. The van der Waals surface area contributed by atoms with Gasteiger partial charge < -0.3 is 10.1 Å². The Hall–Kier alpha value is -1.28. The van der Waals surface area contributed by atoms with Gasteiger partial charge in [-0.2, -0.15) is 0 Å². The lowest BCUT2D eigenvalue weighted by atomic mass is 9.91. The van der Waals surface area contributed by atoms with Crippen LogP contribution in [0.4, 0.5) is 0 Å². The van der Waals surface area contributed by atoms with Crippen molar-refractivity contribution in [3.05, 3.63) is 35.5 Å². The van der Waals surface area contributed by atoms with E-state index in [0.717, 1.165) is 12.8 Å². The summed E-state index contributed by atoms with van der Waals surface area (Å²) < 4.78 is 0. The van der Waals surface area contributed by atoms with Crippen molar-refractivity contribution in [3.8, 4) is 0 Å². The summed E-state index contributed by atoms with van der Waals surface area (Å²) in [7, 11) is 0. The Labute approximate surface area is 76.2 Å². The van der Waals surface area contributed by atoms with Crippen molar-refractivity contribution >= 4 is 10.9 Å². The molecule has 2 N–H and O–H groups in total. The summed E-state index contributed by atoms with van der Waals surface area (Å²) in [4.78, 5) is 3.23. The Morgan fingerprint density at radius 3 is 3.00 bits per heavy atom. The van der Waals surface area contributed by atoms with Crippen LogP contribution in [0.5, 0.6) is 0 Å². The predicted octanol–water partition coefficient (Wildman–Crippen LogP) is 1.63. The van der Waals surface area contributed by atoms with E-state index in [9.17, 15) is 5.11 Å². The van der Waals surface area contributed by atoms with Crippen LogP contribution in [0.1, 0.15) is 11.1 Å². The monoisotopic (exact) mass is 173 g/mol. The van der Waals surface area contributed by atoms with E-state index in [2.05, 4.69) is 17.1 Å². The predicted molar refractivity (Wildman–Crippen MR) is 51.7 cm³/mol. The molecule has 2 nitrogen and oxygen atoms in total. The van der Waals surface area contributed by atoms with E-state index >= 15 is 0 Å². The molecule has 0 bridgehead atoms. The maximum atomic E-state index is 9.61. The molecule has 0 aliphatic heterocycles. The Morgan fingerprint density at radius 2 is 2.08 bits per heavy atom. The fourth-order valence-electron chi connectivity index (χ4n) is 2.25. The van der Waals surface area contributed by atoms with Crippen molar-refractivity contribution in [2.75, 3.05) is 0 Å². The molecule has 1 aromatic heterocycles. The molecule has 1 unspecified atom stereocenters. The van der Waals surface area contributed by atoms with Gasteiger partial charge in [-0.25, -0.2) is 0 Å². The van der Waals surface area contributed by atoms with Crippen LogP contribution < -0.4 is 0 Å². The molecule has 1 atom stereocenters. The molecule has 1 heterocycles. The van der Waals surface area contributed by atoms with Crippen LogP contribution in [0.15, 0.2) is 24.4 Å². The van der Waals surface area contributed by atoms with Gasteiger partial charge >= 0.3 is 0 Å². The van der Waals surface area contributed by atoms with Crippen molar-refractivity contribution in [1.82, 2.24) is 4.98 Å². The summed E-state index contributed by atoms with van der Waals surface area (Å²) >= 11 is 0. The van der Waals surface area contributed by atoms with Crippen molar-refractivity contribution in [3.63, 3.8) is 0 Å². The summed E-state index contributed by atoms with van der Waals surface area (Å²) in [5.74, 6) is 0. The van der Waals surface area contributed by atoms with Crippen LogP contribution in [0.3, 0.4) is 0 Å². The second kappa shape index (κ2) is 2.36. The Balaban J connectivity index is 2.38. The molecule has 1 aromatic carbocycles. The number of aliphatic hydroxyl groups is 1. The van der Waals surface area contributed by atoms with Crippen LogP contribution in [-0.4, -0.2) is 16.2 Å². The first-order valence-corrected chi connectivity index (χ1v) is 4.60. The van der Waals surface area contributed by atoms with Gasteiger partial charge in [-0.05, 0) is 23.6 Å². The molecule has 0 amide bonds. The van der Waals surface area contributed by atoms with Gasteiger partial charge in [0, 0.05) is 23.5 Å². The fraction of sp³-hybridized carbons (Fsp3) is 0.273. The van der Waals surface area contributed by atoms with E-state index in [-0.39, 0.29) is 6.10 Å². The number of aromatic nitrogens is 1. The van der Waals surface area contributed by atoms with Gasteiger partial charge in [0.05, 0.1) is 6.10 Å². The number of aliphatic hydroxyl groups excluding tert-OH is 1. The van der Waals surface area contributed by atoms with Gasteiger partial charge in [0.25, 0.3) is 0 Å². The second-order valence-electron chi connectivity index (χ2n) is 3.72. The Morgan fingerprint density at radius 1 is 1.23 bits per heavy atom. The SMILES string of the molecule is OC1Cc2cccc3[nH]cc(c23)C1. The summed E-state index contributed by atoms with van der Waals surface area (Å²) in [6.07, 6.45) is 3.39. The van der Waals surface area contributed by atoms with Gasteiger partial charge in [-0.15, -0.1) is 0 Å².